The van der Waals surface area contributed by atoms with Crippen molar-refractivity contribution in [2.45, 2.75) is 50.9 Å². The van der Waals surface area contributed by atoms with Gasteiger partial charge in [0.05, 0.1) is 6.61 Å². The van der Waals surface area contributed by atoms with Crippen LogP contribution in [-0.2, 0) is 22.4 Å². The van der Waals surface area contributed by atoms with Crippen molar-refractivity contribution in [2.75, 3.05) is 18.5 Å². The van der Waals surface area contributed by atoms with Gasteiger partial charge in [-0.15, -0.1) is 0 Å². The molecule has 0 aromatic heterocycles. The first-order valence-corrected chi connectivity index (χ1v) is 10.6. The molecule has 1 aliphatic heterocycles. The van der Waals surface area contributed by atoms with E-state index < -0.39 is 0 Å². The number of anilines is 1. The number of aryl methyl sites for hydroxylation is 2. The van der Waals surface area contributed by atoms with Gasteiger partial charge in [-0.05, 0) is 67.0 Å². The molecule has 1 atom stereocenters. The number of hydrogen-bond acceptors (Lipinski definition) is 3. The predicted molar refractivity (Wildman–Crippen MR) is 113 cm³/mol. The quantitative estimate of drug-likeness (QED) is 0.701. The lowest BCUT2D eigenvalue weighted by atomic mass is 9.83. The van der Waals surface area contributed by atoms with Gasteiger partial charge in [-0.25, -0.2) is 0 Å². The second-order valence-electron chi connectivity index (χ2n) is 7.91. The first kappa shape index (κ1) is 19.5. The molecule has 1 unspecified atom stereocenters. The maximum absolute atomic E-state index is 12.2. The predicted octanol–water partition coefficient (Wildman–Crippen LogP) is 3.97. The lowest BCUT2D eigenvalue weighted by molar-refractivity contribution is -0.121. The summed E-state index contributed by atoms with van der Waals surface area (Å²) < 4.78 is 5.80. The van der Waals surface area contributed by atoms with Gasteiger partial charge in [0.25, 0.3) is 0 Å². The Morgan fingerprint density at radius 2 is 2.00 bits per heavy atom. The minimum atomic E-state index is 0.0638. The largest absolute Gasteiger partial charge is 0.494 e. The average Bonchev–Trinajstić information content (AvgIpc) is 2.75. The third-order valence-electron chi connectivity index (χ3n) is 5.83. The summed E-state index contributed by atoms with van der Waals surface area (Å²) >= 11 is 0. The van der Waals surface area contributed by atoms with E-state index in [0.29, 0.717) is 38.3 Å². The summed E-state index contributed by atoms with van der Waals surface area (Å²) in [7, 11) is 0. The highest BCUT2D eigenvalue weighted by atomic mass is 16.5. The molecule has 0 saturated carbocycles. The number of benzene rings is 2. The van der Waals surface area contributed by atoms with Crippen molar-refractivity contribution >= 4 is 17.5 Å². The molecule has 0 saturated heterocycles. The molecule has 152 valence electrons. The topological polar surface area (TPSA) is 67.4 Å². The molecule has 5 nitrogen and oxygen atoms in total. The molecule has 0 radical (unpaired) electrons. The Labute approximate surface area is 171 Å². The van der Waals surface area contributed by atoms with Gasteiger partial charge in [-0.2, -0.15) is 0 Å². The molecule has 29 heavy (non-hydrogen) atoms. The fourth-order valence-corrected chi connectivity index (χ4v) is 4.26. The van der Waals surface area contributed by atoms with Crippen LogP contribution in [-0.4, -0.2) is 25.0 Å². The van der Waals surface area contributed by atoms with Crippen LogP contribution in [0.4, 0.5) is 5.69 Å². The van der Waals surface area contributed by atoms with Gasteiger partial charge in [0, 0.05) is 31.0 Å². The van der Waals surface area contributed by atoms with Crippen LogP contribution < -0.4 is 15.4 Å². The normalized spacial score (nSPS) is 17.7. The first-order valence-electron chi connectivity index (χ1n) is 10.6. The van der Waals surface area contributed by atoms with Crippen molar-refractivity contribution in [1.82, 2.24) is 5.32 Å². The standard InChI is InChI=1S/C24H28N2O3/c27-23(25-16-19-7-3-6-17-5-1-2-8-21(17)19)9-4-14-29-20-11-12-22-18(15-20)10-13-24(28)26-22/h1-2,5,8,11-12,15,19H,3-4,6-7,9-10,13-14,16H2,(H,25,27)(H,26,28). The molecule has 2 aliphatic rings. The van der Waals surface area contributed by atoms with Crippen LogP contribution in [0, 0.1) is 0 Å². The summed E-state index contributed by atoms with van der Waals surface area (Å²) in [4.78, 5) is 23.6. The van der Waals surface area contributed by atoms with Gasteiger partial charge in [0.15, 0.2) is 0 Å². The molecule has 2 amide bonds. The van der Waals surface area contributed by atoms with Crippen molar-refractivity contribution in [2.24, 2.45) is 0 Å². The number of hydrogen-bond donors (Lipinski definition) is 2. The van der Waals surface area contributed by atoms with Gasteiger partial charge in [0.1, 0.15) is 5.75 Å². The van der Waals surface area contributed by atoms with E-state index in [1.165, 1.54) is 17.5 Å². The lowest BCUT2D eigenvalue weighted by Crippen LogP contribution is -2.30. The number of carbonyl (C=O) groups is 2. The zero-order valence-electron chi connectivity index (χ0n) is 16.7. The number of carbonyl (C=O) groups excluding carboxylic acids is 2. The molecule has 2 aromatic rings. The molecule has 2 N–H and O–H groups in total. The Hall–Kier alpha value is -2.82. The van der Waals surface area contributed by atoms with E-state index in [1.807, 2.05) is 18.2 Å². The molecule has 1 heterocycles. The summed E-state index contributed by atoms with van der Waals surface area (Å²) in [6.45, 7) is 1.22. The highest BCUT2D eigenvalue weighted by molar-refractivity contribution is 5.94. The fraction of sp³-hybridized carbons (Fsp3) is 0.417. The van der Waals surface area contributed by atoms with E-state index in [4.69, 9.17) is 4.74 Å². The van der Waals surface area contributed by atoms with Gasteiger partial charge < -0.3 is 15.4 Å². The van der Waals surface area contributed by atoms with Crippen molar-refractivity contribution in [1.29, 1.82) is 0 Å². The van der Waals surface area contributed by atoms with Crippen LogP contribution in [0.1, 0.15) is 54.7 Å². The zero-order chi connectivity index (χ0) is 20.1. The van der Waals surface area contributed by atoms with Crippen molar-refractivity contribution in [3.8, 4) is 5.75 Å². The van der Waals surface area contributed by atoms with Gasteiger partial charge in [0.2, 0.25) is 11.8 Å². The third-order valence-corrected chi connectivity index (χ3v) is 5.83. The summed E-state index contributed by atoms with van der Waals surface area (Å²) in [6, 6.07) is 14.3. The highest BCUT2D eigenvalue weighted by Crippen LogP contribution is 2.31. The summed E-state index contributed by atoms with van der Waals surface area (Å²) in [5, 5.41) is 5.97. The SMILES string of the molecule is O=C(CCCOc1ccc2c(c1)CCC(=O)N2)NCC1CCCc2ccccc21. The Kier molecular flexibility index (Phi) is 6.13. The van der Waals surface area contributed by atoms with E-state index in [0.717, 1.165) is 36.3 Å². The average molecular weight is 392 g/mol. The minimum Gasteiger partial charge on any atom is -0.494 e. The number of amides is 2. The van der Waals surface area contributed by atoms with E-state index in [-0.39, 0.29) is 11.8 Å². The van der Waals surface area contributed by atoms with Crippen LogP contribution in [0.15, 0.2) is 42.5 Å². The lowest BCUT2D eigenvalue weighted by Gasteiger charge is -2.25. The highest BCUT2D eigenvalue weighted by Gasteiger charge is 2.20. The number of fused-ring (bicyclic) bond motifs is 2. The summed E-state index contributed by atoms with van der Waals surface area (Å²) in [6.07, 6.45) is 5.88. The van der Waals surface area contributed by atoms with Gasteiger partial charge in [-0.3, -0.25) is 9.59 Å². The molecule has 0 spiro atoms. The zero-order valence-corrected chi connectivity index (χ0v) is 16.7. The molecule has 1 aliphatic carbocycles. The van der Waals surface area contributed by atoms with Crippen molar-refractivity contribution < 1.29 is 14.3 Å². The molecule has 0 bridgehead atoms. The maximum Gasteiger partial charge on any atom is 0.224 e. The summed E-state index contributed by atoms with van der Waals surface area (Å²) in [5.74, 6) is 1.37. The number of ether oxygens (including phenoxy) is 1. The molecule has 0 fully saturated rings. The Morgan fingerprint density at radius 3 is 2.93 bits per heavy atom. The van der Waals surface area contributed by atoms with Gasteiger partial charge in [-0.1, -0.05) is 24.3 Å². The second kappa shape index (κ2) is 9.12. The number of rotatable bonds is 7. The maximum atomic E-state index is 12.2. The van der Waals surface area contributed by atoms with E-state index in [1.54, 1.807) is 0 Å². The fourth-order valence-electron chi connectivity index (χ4n) is 4.26. The monoisotopic (exact) mass is 392 g/mol. The first-order chi connectivity index (χ1) is 14.2. The Morgan fingerprint density at radius 1 is 1.10 bits per heavy atom. The molecule has 5 heteroatoms. The minimum absolute atomic E-state index is 0.0638. The second-order valence-corrected chi connectivity index (χ2v) is 7.91. The van der Waals surface area contributed by atoms with Crippen LogP contribution in [0.3, 0.4) is 0 Å². The van der Waals surface area contributed by atoms with Gasteiger partial charge >= 0.3 is 0 Å². The summed E-state index contributed by atoms with van der Waals surface area (Å²) in [5.41, 5.74) is 4.80. The molecular formula is C24H28N2O3. The smallest absolute Gasteiger partial charge is 0.224 e. The molecular weight excluding hydrogens is 364 g/mol. The third kappa shape index (κ3) is 4.97. The van der Waals surface area contributed by atoms with E-state index in [2.05, 4.69) is 34.9 Å². The van der Waals surface area contributed by atoms with Crippen LogP contribution in [0.2, 0.25) is 0 Å². The van der Waals surface area contributed by atoms with Crippen LogP contribution in [0.25, 0.3) is 0 Å². The van der Waals surface area contributed by atoms with E-state index >= 15 is 0 Å². The van der Waals surface area contributed by atoms with Crippen molar-refractivity contribution in [3.63, 3.8) is 0 Å². The number of nitrogens with one attached hydrogen (secondary N) is 2. The van der Waals surface area contributed by atoms with E-state index in [9.17, 15) is 9.59 Å². The van der Waals surface area contributed by atoms with Crippen molar-refractivity contribution in [3.05, 3.63) is 59.2 Å². The van der Waals surface area contributed by atoms with Crippen LogP contribution in [0.5, 0.6) is 5.75 Å². The van der Waals surface area contributed by atoms with Crippen LogP contribution >= 0.6 is 0 Å². The Bertz CT molecular complexity index is 893. The Balaban J connectivity index is 1.18. The molecule has 2 aromatic carbocycles. The molecule has 4 rings (SSSR count).